The number of carbonyl (C=O) groups is 1. The van der Waals surface area contributed by atoms with E-state index in [1.165, 1.54) is 0 Å². The van der Waals surface area contributed by atoms with Gasteiger partial charge in [0.25, 0.3) is 0 Å². The highest BCUT2D eigenvalue weighted by atomic mass is 32.1. The van der Waals surface area contributed by atoms with E-state index in [1.54, 1.807) is 0 Å². The summed E-state index contributed by atoms with van der Waals surface area (Å²) in [5.74, 6) is -0.00605. The second-order valence-electron chi connectivity index (χ2n) is 8.97. The lowest BCUT2D eigenvalue weighted by atomic mass is 10.00. The molecule has 36 heavy (non-hydrogen) atoms. The quantitative estimate of drug-likeness (QED) is 0.321. The molecule has 5 rings (SSSR count). The Morgan fingerprint density at radius 3 is 2.47 bits per heavy atom. The van der Waals surface area contributed by atoms with Crippen molar-refractivity contribution in [3.63, 3.8) is 0 Å². The number of nitrogens with zero attached hydrogens (tertiary/aromatic N) is 3. The molecule has 1 saturated heterocycles. The third-order valence-electron chi connectivity index (χ3n) is 6.61. The van der Waals surface area contributed by atoms with Crippen molar-refractivity contribution in [2.75, 3.05) is 10.2 Å². The lowest BCUT2D eigenvalue weighted by Gasteiger charge is -2.30. The van der Waals surface area contributed by atoms with Gasteiger partial charge < -0.3 is 20.1 Å². The van der Waals surface area contributed by atoms with Gasteiger partial charge in [-0.15, -0.1) is 0 Å². The van der Waals surface area contributed by atoms with Crippen molar-refractivity contribution in [2.24, 2.45) is 0 Å². The number of hydrogen-bond acceptors (Lipinski definition) is 3. The molecular weight excluding hydrogens is 466 g/mol. The highest BCUT2D eigenvalue weighted by Gasteiger charge is 2.42. The largest absolute Gasteiger partial charge is 0.351 e. The Kier molecular flexibility index (Phi) is 6.57. The Balaban J connectivity index is 1.64. The van der Waals surface area contributed by atoms with Gasteiger partial charge in [0, 0.05) is 41.1 Å². The van der Waals surface area contributed by atoms with E-state index in [0.717, 1.165) is 39.7 Å². The molecule has 1 aliphatic heterocycles. The van der Waals surface area contributed by atoms with Crippen molar-refractivity contribution in [3.05, 3.63) is 108 Å². The van der Waals surface area contributed by atoms with Crippen LogP contribution in [-0.4, -0.2) is 20.6 Å². The number of aromatic nitrogens is 2. The molecule has 2 atom stereocenters. The zero-order chi connectivity index (χ0) is 25.2. The maximum atomic E-state index is 12.0. The average Bonchev–Trinajstić information content (AvgIpc) is 3.45. The van der Waals surface area contributed by atoms with Gasteiger partial charge in [0.1, 0.15) is 6.04 Å². The summed E-state index contributed by atoms with van der Waals surface area (Å²) < 4.78 is 2.28. The molecule has 4 aromatic rings. The van der Waals surface area contributed by atoms with Crippen LogP contribution in [0.4, 0.5) is 11.4 Å². The van der Waals surface area contributed by atoms with Gasteiger partial charge in [0.15, 0.2) is 5.11 Å². The summed E-state index contributed by atoms with van der Waals surface area (Å²) in [6.45, 7) is 5.97. The van der Waals surface area contributed by atoms with Gasteiger partial charge in [-0.25, -0.2) is 0 Å². The summed E-state index contributed by atoms with van der Waals surface area (Å²) in [5.41, 5.74) is 7.03. The van der Waals surface area contributed by atoms with Crippen LogP contribution in [-0.2, 0) is 4.79 Å². The summed E-state index contributed by atoms with van der Waals surface area (Å²) in [4.78, 5) is 18.8. The predicted octanol–water partition coefficient (Wildman–Crippen LogP) is 6.01. The van der Waals surface area contributed by atoms with Crippen molar-refractivity contribution in [1.29, 1.82) is 0 Å². The minimum atomic E-state index is -0.143. The first-order valence-corrected chi connectivity index (χ1v) is 12.5. The predicted molar refractivity (Wildman–Crippen MR) is 149 cm³/mol. The monoisotopic (exact) mass is 495 g/mol. The van der Waals surface area contributed by atoms with Crippen LogP contribution in [0.1, 0.15) is 48.1 Å². The standard InChI is InChI=1S/C29H29N5OS/c1-4-26(35)31-23-15-14-22(18-19(23)2)34-28(27(32-29(34)36)24-12-8-9-17-30-24)25-16-13-20(3)33(25)21-10-6-5-7-11-21/h5-18,27-28H,4H2,1-3H3,(H,31,35)(H,32,36)/t27-,28+/m0/s1. The van der Waals surface area contributed by atoms with E-state index in [0.29, 0.717) is 11.5 Å². The second kappa shape index (κ2) is 9.95. The molecule has 3 heterocycles. The van der Waals surface area contributed by atoms with E-state index in [4.69, 9.17) is 12.2 Å². The lowest BCUT2D eigenvalue weighted by molar-refractivity contribution is -0.115. The van der Waals surface area contributed by atoms with E-state index in [-0.39, 0.29) is 18.0 Å². The molecular formula is C29H29N5OS. The van der Waals surface area contributed by atoms with Crippen LogP contribution in [0.3, 0.4) is 0 Å². The summed E-state index contributed by atoms with van der Waals surface area (Å²) in [6.07, 6.45) is 2.25. The van der Waals surface area contributed by atoms with Crippen LogP contribution >= 0.6 is 12.2 Å². The molecule has 0 spiro atoms. The fraction of sp³-hybridized carbons (Fsp3) is 0.207. The van der Waals surface area contributed by atoms with Crippen LogP contribution < -0.4 is 15.5 Å². The smallest absolute Gasteiger partial charge is 0.224 e. The fourth-order valence-corrected chi connectivity index (χ4v) is 5.18. The van der Waals surface area contributed by atoms with Crippen LogP contribution in [0.2, 0.25) is 0 Å². The zero-order valence-corrected chi connectivity index (χ0v) is 21.4. The number of anilines is 2. The average molecular weight is 496 g/mol. The fourth-order valence-electron chi connectivity index (χ4n) is 4.83. The number of para-hydroxylation sites is 1. The molecule has 0 aliphatic carbocycles. The van der Waals surface area contributed by atoms with Gasteiger partial charge in [0.2, 0.25) is 5.91 Å². The van der Waals surface area contributed by atoms with E-state index in [9.17, 15) is 4.79 Å². The number of rotatable bonds is 6. The van der Waals surface area contributed by atoms with E-state index in [1.807, 2.05) is 56.4 Å². The van der Waals surface area contributed by atoms with E-state index >= 15 is 0 Å². The molecule has 2 N–H and O–H groups in total. The van der Waals surface area contributed by atoms with Gasteiger partial charge in [-0.2, -0.15) is 0 Å². The number of hydrogen-bond donors (Lipinski definition) is 2. The molecule has 1 fully saturated rings. The number of pyridine rings is 1. The van der Waals surface area contributed by atoms with E-state index < -0.39 is 0 Å². The number of aryl methyl sites for hydroxylation is 2. The minimum absolute atomic E-state index is 0.00605. The third-order valence-corrected chi connectivity index (χ3v) is 6.92. The molecule has 0 unspecified atom stereocenters. The van der Waals surface area contributed by atoms with Gasteiger partial charge in [-0.1, -0.05) is 31.2 Å². The number of thiocarbonyl (C=S) groups is 1. The Bertz CT molecular complexity index is 1400. The third kappa shape index (κ3) is 4.38. The van der Waals surface area contributed by atoms with Gasteiger partial charge in [0.05, 0.1) is 11.7 Å². The van der Waals surface area contributed by atoms with Crippen LogP contribution in [0.15, 0.2) is 85.1 Å². The number of nitrogens with one attached hydrogen (secondary N) is 2. The molecule has 2 aromatic heterocycles. The van der Waals surface area contributed by atoms with Crippen molar-refractivity contribution < 1.29 is 4.79 Å². The highest BCUT2D eigenvalue weighted by molar-refractivity contribution is 7.80. The first-order valence-electron chi connectivity index (χ1n) is 12.1. The molecule has 7 heteroatoms. The SMILES string of the molecule is CCC(=O)Nc1ccc(N2C(=S)N[C@@H](c3ccccn3)[C@H]2c2ccc(C)n2-c2ccccc2)cc1C. The first-order chi connectivity index (χ1) is 17.5. The molecule has 2 aromatic carbocycles. The Morgan fingerprint density at radius 1 is 1.00 bits per heavy atom. The normalized spacial score (nSPS) is 17.2. The summed E-state index contributed by atoms with van der Waals surface area (Å²) in [6, 6.07) is 26.4. The molecule has 0 bridgehead atoms. The maximum absolute atomic E-state index is 12.0. The zero-order valence-electron chi connectivity index (χ0n) is 20.6. The Morgan fingerprint density at radius 2 is 1.78 bits per heavy atom. The number of carbonyl (C=O) groups excluding carboxylic acids is 1. The van der Waals surface area contributed by atoms with E-state index in [2.05, 4.69) is 74.5 Å². The molecule has 6 nitrogen and oxygen atoms in total. The van der Waals surface area contributed by atoms with Gasteiger partial charge >= 0.3 is 0 Å². The molecule has 182 valence electrons. The van der Waals surface area contributed by atoms with Crippen LogP contribution in [0.25, 0.3) is 5.69 Å². The molecule has 0 radical (unpaired) electrons. The van der Waals surface area contributed by atoms with Crippen molar-refractivity contribution in [3.8, 4) is 5.69 Å². The first kappa shape index (κ1) is 23.8. The summed E-state index contributed by atoms with van der Waals surface area (Å²) >= 11 is 5.92. The Labute approximate surface area is 217 Å². The van der Waals surface area contributed by atoms with Gasteiger partial charge in [-0.05, 0) is 86.2 Å². The van der Waals surface area contributed by atoms with Crippen molar-refractivity contribution >= 4 is 34.6 Å². The Hall–Kier alpha value is -3.97. The van der Waals surface area contributed by atoms with Gasteiger partial charge in [-0.3, -0.25) is 9.78 Å². The molecule has 0 saturated carbocycles. The topological polar surface area (TPSA) is 62.2 Å². The van der Waals surface area contributed by atoms with Crippen LogP contribution in [0, 0.1) is 13.8 Å². The maximum Gasteiger partial charge on any atom is 0.224 e. The second-order valence-corrected chi connectivity index (χ2v) is 9.35. The lowest BCUT2D eigenvalue weighted by Crippen LogP contribution is -2.30. The van der Waals surface area contributed by atoms with Crippen molar-refractivity contribution in [1.82, 2.24) is 14.9 Å². The molecule has 1 aliphatic rings. The molecule has 1 amide bonds. The minimum Gasteiger partial charge on any atom is -0.351 e. The number of amides is 1. The van der Waals surface area contributed by atoms with Crippen LogP contribution in [0.5, 0.6) is 0 Å². The number of benzene rings is 2. The summed E-state index contributed by atoms with van der Waals surface area (Å²) in [5, 5.41) is 7.16. The highest BCUT2D eigenvalue weighted by Crippen LogP contribution is 2.43. The summed E-state index contributed by atoms with van der Waals surface area (Å²) in [7, 11) is 0. The van der Waals surface area contributed by atoms with Crippen molar-refractivity contribution in [2.45, 2.75) is 39.3 Å².